The number of rotatable bonds is 4. The van der Waals surface area contributed by atoms with Crippen molar-refractivity contribution in [3.05, 3.63) is 22.2 Å². The predicted octanol–water partition coefficient (Wildman–Crippen LogP) is 1.32. The van der Waals surface area contributed by atoms with Gasteiger partial charge in [-0.2, -0.15) is 0 Å². The van der Waals surface area contributed by atoms with E-state index >= 15 is 0 Å². The van der Waals surface area contributed by atoms with Crippen molar-refractivity contribution in [1.29, 1.82) is 0 Å². The molecule has 1 aromatic carbocycles. The molecule has 20 heavy (non-hydrogen) atoms. The first-order valence-corrected chi connectivity index (χ1v) is 6.59. The summed E-state index contributed by atoms with van der Waals surface area (Å²) in [6.07, 6.45) is 1.04. The minimum absolute atomic E-state index is 0.0781. The zero-order chi connectivity index (χ0) is 14.1. The van der Waals surface area contributed by atoms with Gasteiger partial charge in [0.05, 0.1) is 10.6 Å². The summed E-state index contributed by atoms with van der Waals surface area (Å²) in [7, 11) is 0. The smallest absolute Gasteiger partial charge is 0.300 e. The van der Waals surface area contributed by atoms with Crippen molar-refractivity contribution in [2.75, 3.05) is 24.5 Å². The highest BCUT2D eigenvalue weighted by atomic mass is 16.6. The molecule has 2 aromatic rings. The molecule has 0 amide bonds. The molecule has 1 aromatic heterocycles. The molecule has 1 N–H and O–H groups in total. The molecular weight excluding hydrogens is 262 g/mol. The van der Waals surface area contributed by atoms with Crippen LogP contribution in [0.25, 0.3) is 11.0 Å². The summed E-state index contributed by atoms with van der Waals surface area (Å²) in [5.74, 6) is 0. The number of hydrogen-bond donors (Lipinski definition) is 1. The summed E-state index contributed by atoms with van der Waals surface area (Å²) >= 11 is 0. The van der Waals surface area contributed by atoms with Crippen molar-refractivity contribution >= 4 is 22.4 Å². The molecule has 0 aliphatic carbocycles. The van der Waals surface area contributed by atoms with Crippen LogP contribution in [-0.2, 0) is 0 Å². The number of hydrogen-bond acceptors (Lipinski definition) is 7. The van der Waals surface area contributed by atoms with E-state index in [4.69, 9.17) is 4.63 Å². The summed E-state index contributed by atoms with van der Waals surface area (Å²) in [6, 6.07) is 3.56. The molecule has 8 nitrogen and oxygen atoms in total. The largest absolute Gasteiger partial charge is 0.366 e. The maximum atomic E-state index is 11.0. The first-order chi connectivity index (χ1) is 9.72. The number of nitrogens with one attached hydrogen (secondary N) is 1. The Kier molecular flexibility index (Phi) is 3.23. The molecule has 2 heterocycles. The lowest BCUT2D eigenvalue weighted by atomic mass is 10.1. The molecular formula is C12H15N5O3. The standard InChI is InChI=1S/C12H15N5O3/c1-2-16(8-5-6-13-7-8)9-3-4-10(17(18)19)12-11(9)14-20-15-12/h3-4,8,13H,2,5-7H2,1H3. The Morgan fingerprint density at radius 1 is 1.50 bits per heavy atom. The van der Waals surface area contributed by atoms with Crippen LogP contribution >= 0.6 is 0 Å². The normalized spacial score (nSPS) is 18.6. The highest BCUT2D eigenvalue weighted by Crippen LogP contribution is 2.32. The van der Waals surface area contributed by atoms with Gasteiger partial charge in [0, 0.05) is 25.2 Å². The number of nitro groups is 1. The summed E-state index contributed by atoms with van der Waals surface area (Å²) in [6.45, 7) is 4.73. The molecule has 1 saturated heterocycles. The molecule has 1 aliphatic heterocycles. The Morgan fingerprint density at radius 3 is 2.95 bits per heavy atom. The van der Waals surface area contributed by atoms with Crippen molar-refractivity contribution in [3.8, 4) is 0 Å². The van der Waals surface area contributed by atoms with Gasteiger partial charge < -0.3 is 10.2 Å². The molecule has 1 atom stereocenters. The SMILES string of the molecule is CCN(c1ccc([N+](=O)[O-])c2nonc12)C1CCNC1. The van der Waals surface area contributed by atoms with Crippen LogP contribution in [-0.4, -0.2) is 40.9 Å². The van der Waals surface area contributed by atoms with Gasteiger partial charge in [-0.3, -0.25) is 10.1 Å². The number of fused-ring (bicyclic) bond motifs is 1. The molecule has 1 unspecified atom stereocenters. The van der Waals surface area contributed by atoms with Crippen LogP contribution in [0.5, 0.6) is 0 Å². The average Bonchev–Trinajstić information content (AvgIpc) is 3.10. The van der Waals surface area contributed by atoms with Crippen LogP contribution in [0.2, 0.25) is 0 Å². The Bertz CT molecular complexity index is 635. The van der Waals surface area contributed by atoms with Crippen LogP contribution in [0.15, 0.2) is 16.8 Å². The fourth-order valence-corrected chi connectivity index (χ4v) is 2.75. The maximum Gasteiger partial charge on any atom is 0.300 e. The Morgan fingerprint density at radius 2 is 2.30 bits per heavy atom. The van der Waals surface area contributed by atoms with Gasteiger partial charge in [-0.25, -0.2) is 4.63 Å². The van der Waals surface area contributed by atoms with E-state index in [0.717, 1.165) is 31.7 Å². The van der Waals surface area contributed by atoms with Crippen molar-refractivity contribution in [1.82, 2.24) is 15.6 Å². The topological polar surface area (TPSA) is 97.3 Å². The van der Waals surface area contributed by atoms with Gasteiger partial charge >= 0.3 is 5.69 Å². The monoisotopic (exact) mass is 277 g/mol. The molecule has 106 valence electrons. The van der Waals surface area contributed by atoms with Gasteiger partial charge in [0.25, 0.3) is 0 Å². The zero-order valence-corrected chi connectivity index (χ0v) is 11.1. The van der Waals surface area contributed by atoms with E-state index in [9.17, 15) is 10.1 Å². The maximum absolute atomic E-state index is 11.0. The Balaban J connectivity index is 2.09. The third-order valence-electron chi connectivity index (χ3n) is 3.69. The van der Waals surface area contributed by atoms with E-state index in [-0.39, 0.29) is 11.2 Å². The van der Waals surface area contributed by atoms with E-state index in [0.29, 0.717) is 11.6 Å². The van der Waals surface area contributed by atoms with Crippen LogP contribution in [0, 0.1) is 10.1 Å². The Hall–Kier alpha value is -2.22. The van der Waals surface area contributed by atoms with E-state index in [1.807, 2.05) is 0 Å². The summed E-state index contributed by atoms with van der Waals surface area (Å²) in [5.41, 5.74) is 1.42. The number of non-ortho nitro benzene ring substituents is 1. The number of anilines is 1. The quantitative estimate of drug-likeness (QED) is 0.664. The highest BCUT2D eigenvalue weighted by Gasteiger charge is 2.27. The number of likely N-dealkylation sites (N-methyl/N-ethyl adjacent to an activating group) is 1. The first-order valence-electron chi connectivity index (χ1n) is 6.59. The minimum Gasteiger partial charge on any atom is -0.366 e. The highest BCUT2D eigenvalue weighted by molar-refractivity contribution is 5.93. The van der Waals surface area contributed by atoms with Gasteiger partial charge in [-0.1, -0.05) is 0 Å². The third kappa shape index (κ3) is 1.97. The molecule has 0 saturated carbocycles. The second kappa shape index (κ2) is 5.04. The molecule has 3 rings (SSSR count). The fourth-order valence-electron chi connectivity index (χ4n) is 2.75. The first kappa shape index (κ1) is 12.8. The Labute approximate surface area is 114 Å². The number of benzene rings is 1. The van der Waals surface area contributed by atoms with E-state index in [2.05, 4.69) is 27.5 Å². The van der Waals surface area contributed by atoms with Gasteiger partial charge in [0.2, 0.25) is 5.52 Å². The van der Waals surface area contributed by atoms with Gasteiger partial charge in [-0.05, 0) is 36.3 Å². The molecule has 1 aliphatic rings. The van der Waals surface area contributed by atoms with E-state index in [1.54, 1.807) is 6.07 Å². The third-order valence-corrected chi connectivity index (χ3v) is 3.69. The van der Waals surface area contributed by atoms with Gasteiger partial charge in [0.15, 0.2) is 5.52 Å². The fraction of sp³-hybridized carbons (Fsp3) is 0.500. The zero-order valence-electron chi connectivity index (χ0n) is 11.1. The van der Waals surface area contributed by atoms with Crippen LogP contribution in [0.4, 0.5) is 11.4 Å². The van der Waals surface area contributed by atoms with Crippen LogP contribution in [0.3, 0.4) is 0 Å². The van der Waals surface area contributed by atoms with Gasteiger partial charge in [-0.15, -0.1) is 0 Å². The molecule has 1 fully saturated rings. The summed E-state index contributed by atoms with van der Waals surface area (Å²) in [5, 5.41) is 21.8. The number of nitro benzene ring substituents is 1. The number of nitrogens with zero attached hydrogens (tertiary/aromatic N) is 4. The van der Waals surface area contributed by atoms with Crippen molar-refractivity contribution < 1.29 is 9.55 Å². The molecule has 0 spiro atoms. The summed E-state index contributed by atoms with van der Waals surface area (Å²) < 4.78 is 4.71. The molecule has 0 radical (unpaired) electrons. The van der Waals surface area contributed by atoms with E-state index < -0.39 is 4.92 Å². The second-order valence-electron chi connectivity index (χ2n) is 4.75. The minimum atomic E-state index is -0.469. The molecule has 8 heteroatoms. The van der Waals surface area contributed by atoms with Crippen molar-refractivity contribution in [2.24, 2.45) is 0 Å². The summed E-state index contributed by atoms with van der Waals surface area (Å²) in [4.78, 5) is 12.7. The van der Waals surface area contributed by atoms with Crippen molar-refractivity contribution in [3.63, 3.8) is 0 Å². The lowest BCUT2D eigenvalue weighted by molar-refractivity contribution is -0.383. The van der Waals surface area contributed by atoms with Crippen LogP contribution < -0.4 is 10.2 Å². The number of aromatic nitrogens is 2. The van der Waals surface area contributed by atoms with Crippen LogP contribution in [0.1, 0.15) is 13.3 Å². The molecule has 0 bridgehead atoms. The average molecular weight is 277 g/mol. The lowest BCUT2D eigenvalue weighted by Crippen LogP contribution is -2.36. The van der Waals surface area contributed by atoms with E-state index in [1.165, 1.54) is 6.07 Å². The van der Waals surface area contributed by atoms with Crippen molar-refractivity contribution in [2.45, 2.75) is 19.4 Å². The second-order valence-corrected chi connectivity index (χ2v) is 4.75. The lowest BCUT2D eigenvalue weighted by Gasteiger charge is -2.29. The predicted molar refractivity (Wildman–Crippen MR) is 72.8 cm³/mol. The van der Waals surface area contributed by atoms with Gasteiger partial charge in [0.1, 0.15) is 0 Å².